The zero-order valence-corrected chi connectivity index (χ0v) is 10.1. The number of carbonyl (C=O) groups is 1. The summed E-state index contributed by atoms with van der Waals surface area (Å²) in [4.78, 5) is 15.1. The standard InChI is InChI=1S/C11H13N5O2/c1-8(2)18-10(6-17)9-3-4-11(12-5-9)16-7-13-14-15-16/h3-8,10H,1-2H3/t10-/m0/s1. The highest BCUT2D eigenvalue weighted by molar-refractivity contribution is 5.59. The minimum Gasteiger partial charge on any atom is -0.363 e. The second-order valence-electron chi connectivity index (χ2n) is 3.95. The molecule has 18 heavy (non-hydrogen) atoms. The fraction of sp³-hybridized carbons (Fsp3) is 0.364. The van der Waals surface area contributed by atoms with Crippen LogP contribution in [0.5, 0.6) is 0 Å². The van der Waals surface area contributed by atoms with Crippen LogP contribution in [0.4, 0.5) is 0 Å². The summed E-state index contributed by atoms with van der Waals surface area (Å²) in [6.07, 6.45) is 3.16. The summed E-state index contributed by atoms with van der Waals surface area (Å²) in [5.41, 5.74) is 0.704. The smallest absolute Gasteiger partial charge is 0.156 e. The van der Waals surface area contributed by atoms with Crippen molar-refractivity contribution in [1.29, 1.82) is 0 Å². The topological polar surface area (TPSA) is 82.8 Å². The lowest BCUT2D eigenvalue weighted by atomic mass is 10.2. The van der Waals surface area contributed by atoms with Crippen molar-refractivity contribution in [2.75, 3.05) is 0 Å². The van der Waals surface area contributed by atoms with E-state index in [-0.39, 0.29) is 6.10 Å². The third kappa shape index (κ3) is 2.75. The Morgan fingerprint density at radius 1 is 1.39 bits per heavy atom. The highest BCUT2D eigenvalue weighted by Gasteiger charge is 2.13. The van der Waals surface area contributed by atoms with Crippen molar-refractivity contribution in [3.63, 3.8) is 0 Å². The third-order valence-electron chi connectivity index (χ3n) is 2.23. The van der Waals surface area contributed by atoms with Gasteiger partial charge >= 0.3 is 0 Å². The highest BCUT2D eigenvalue weighted by Crippen LogP contribution is 2.16. The molecule has 0 unspecified atom stereocenters. The Bertz CT molecular complexity index is 495. The van der Waals surface area contributed by atoms with Crippen LogP contribution < -0.4 is 0 Å². The van der Waals surface area contributed by atoms with Crippen LogP contribution >= 0.6 is 0 Å². The van der Waals surface area contributed by atoms with E-state index in [4.69, 9.17) is 4.74 Å². The van der Waals surface area contributed by atoms with Gasteiger partial charge in [-0.1, -0.05) is 6.07 Å². The van der Waals surface area contributed by atoms with E-state index < -0.39 is 6.10 Å². The van der Waals surface area contributed by atoms with Gasteiger partial charge in [-0.3, -0.25) is 0 Å². The first kappa shape index (κ1) is 12.3. The summed E-state index contributed by atoms with van der Waals surface area (Å²) in [5.74, 6) is 0.581. The van der Waals surface area contributed by atoms with Crippen LogP contribution in [0.1, 0.15) is 25.5 Å². The number of aldehydes is 1. The van der Waals surface area contributed by atoms with E-state index in [0.717, 1.165) is 6.29 Å². The van der Waals surface area contributed by atoms with Gasteiger partial charge in [0.2, 0.25) is 0 Å². The largest absolute Gasteiger partial charge is 0.363 e. The first-order valence-corrected chi connectivity index (χ1v) is 5.50. The first-order valence-electron chi connectivity index (χ1n) is 5.50. The number of hydrogen-bond acceptors (Lipinski definition) is 6. The molecule has 0 aliphatic heterocycles. The normalized spacial score (nSPS) is 12.6. The zero-order chi connectivity index (χ0) is 13.0. The lowest BCUT2D eigenvalue weighted by Crippen LogP contribution is -2.12. The molecule has 0 spiro atoms. The Morgan fingerprint density at radius 2 is 2.22 bits per heavy atom. The molecule has 0 radical (unpaired) electrons. The monoisotopic (exact) mass is 247 g/mol. The molecule has 7 nitrogen and oxygen atoms in total. The molecule has 0 N–H and O–H groups in total. The molecule has 0 saturated heterocycles. The van der Waals surface area contributed by atoms with Gasteiger partial charge in [-0.25, -0.2) is 4.98 Å². The van der Waals surface area contributed by atoms with E-state index in [1.807, 2.05) is 13.8 Å². The lowest BCUT2D eigenvalue weighted by molar-refractivity contribution is -0.121. The Balaban J connectivity index is 2.18. The second kappa shape index (κ2) is 5.46. The Kier molecular flexibility index (Phi) is 3.73. The van der Waals surface area contributed by atoms with Crippen LogP contribution in [0.2, 0.25) is 0 Å². The molecule has 0 amide bonds. The van der Waals surface area contributed by atoms with Gasteiger partial charge in [0.05, 0.1) is 6.10 Å². The molecule has 1 atom stereocenters. The molecule has 0 aromatic carbocycles. The SMILES string of the molecule is CC(C)O[C@@H](C=O)c1ccc(-n2cnnn2)nc1. The van der Waals surface area contributed by atoms with Crippen LogP contribution in [0, 0.1) is 0 Å². The molecule has 0 saturated carbocycles. The van der Waals surface area contributed by atoms with Crippen molar-refractivity contribution in [2.45, 2.75) is 26.1 Å². The van der Waals surface area contributed by atoms with Crippen molar-refractivity contribution in [2.24, 2.45) is 0 Å². The van der Waals surface area contributed by atoms with Crippen molar-refractivity contribution >= 4 is 6.29 Å². The van der Waals surface area contributed by atoms with Crippen molar-refractivity contribution in [3.8, 4) is 5.82 Å². The van der Waals surface area contributed by atoms with E-state index >= 15 is 0 Å². The fourth-order valence-corrected chi connectivity index (χ4v) is 1.45. The predicted octanol–water partition coefficient (Wildman–Crippen LogP) is 0.722. The minimum absolute atomic E-state index is 0.0283. The Labute approximate surface area is 104 Å². The van der Waals surface area contributed by atoms with Crippen LogP contribution in [-0.2, 0) is 9.53 Å². The van der Waals surface area contributed by atoms with E-state index in [0.29, 0.717) is 11.4 Å². The maximum atomic E-state index is 11.0. The van der Waals surface area contributed by atoms with E-state index in [9.17, 15) is 4.79 Å². The molecular weight excluding hydrogens is 234 g/mol. The summed E-state index contributed by atoms with van der Waals surface area (Å²) >= 11 is 0. The van der Waals surface area contributed by atoms with Gasteiger partial charge in [0, 0.05) is 11.8 Å². The predicted molar refractivity (Wildman–Crippen MR) is 62.0 cm³/mol. The number of rotatable bonds is 5. The average molecular weight is 247 g/mol. The molecule has 2 rings (SSSR count). The van der Waals surface area contributed by atoms with Gasteiger partial charge in [0.25, 0.3) is 0 Å². The molecule has 94 valence electrons. The molecule has 0 fully saturated rings. The highest BCUT2D eigenvalue weighted by atomic mass is 16.5. The van der Waals surface area contributed by atoms with Gasteiger partial charge in [0.15, 0.2) is 12.1 Å². The molecule has 0 bridgehead atoms. The minimum atomic E-state index is -0.597. The number of tetrazole rings is 1. The van der Waals surface area contributed by atoms with Gasteiger partial charge in [0.1, 0.15) is 12.4 Å². The summed E-state index contributed by atoms with van der Waals surface area (Å²) < 4.78 is 6.89. The molecule has 2 heterocycles. The Morgan fingerprint density at radius 3 is 2.72 bits per heavy atom. The van der Waals surface area contributed by atoms with Gasteiger partial charge in [-0.05, 0) is 30.3 Å². The summed E-state index contributed by atoms with van der Waals surface area (Å²) in [6.45, 7) is 3.75. The molecular formula is C11H13N5O2. The van der Waals surface area contributed by atoms with Crippen LogP contribution in [-0.4, -0.2) is 37.6 Å². The van der Waals surface area contributed by atoms with Crippen LogP contribution in [0.3, 0.4) is 0 Å². The van der Waals surface area contributed by atoms with E-state index in [1.54, 1.807) is 18.3 Å². The average Bonchev–Trinajstić information content (AvgIpc) is 2.90. The van der Waals surface area contributed by atoms with Gasteiger partial charge < -0.3 is 9.53 Å². The van der Waals surface area contributed by atoms with Gasteiger partial charge in [-0.2, -0.15) is 4.68 Å². The molecule has 2 aromatic heterocycles. The number of pyridine rings is 1. The van der Waals surface area contributed by atoms with Gasteiger partial charge in [-0.15, -0.1) is 5.10 Å². The van der Waals surface area contributed by atoms with E-state index in [2.05, 4.69) is 20.5 Å². The fourth-order valence-electron chi connectivity index (χ4n) is 1.45. The van der Waals surface area contributed by atoms with Crippen LogP contribution in [0.25, 0.3) is 5.82 Å². The molecule has 2 aromatic rings. The van der Waals surface area contributed by atoms with Crippen molar-refractivity contribution in [3.05, 3.63) is 30.2 Å². The van der Waals surface area contributed by atoms with Crippen molar-refractivity contribution < 1.29 is 9.53 Å². The first-order chi connectivity index (χ1) is 8.70. The van der Waals surface area contributed by atoms with Crippen LogP contribution in [0.15, 0.2) is 24.7 Å². The second-order valence-corrected chi connectivity index (χ2v) is 3.95. The maximum Gasteiger partial charge on any atom is 0.156 e. The molecule has 7 heteroatoms. The number of aromatic nitrogens is 5. The Hall–Kier alpha value is -2.15. The summed E-state index contributed by atoms with van der Waals surface area (Å²) in [5, 5.41) is 10.8. The van der Waals surface area contributed by atoms with E-state index in [1.165, 1.54) is 11.0 Å². The number of carbonyl (C=O) groups excluding carboxylic acids is 1. The third-order valence-corrected chi connectivity index (χ3v) is 2.23. The number of nitrogens with zero attached hydrogens (tertiary/aromatic N) is 5. The number of ether oxygens (including phenoxy) is 1. The molecule has 0 aliphatic carbocycles. The number of hydrogen-bond donors (Lipinski definition) is 0. The summed E-state index contributed by atoms with van der Waals surface area (Å²) in [6, 6.07) is 3.50. The maximum absolute atomic E-state index is 11.0. The quantitative estimate of drug-likeness (QED) is 0.724. The summed E-state index contributed by atoms with van der Waals surface area (Å²) in [7, 11) is 0. The molecule has 0 aliphatic rings. The zero-order valence-electron chi connectivity index (χ0n) is 10.1. The van der Waals surface area contributed by atoms with Crippen molar-refractivity contribution in [1.82, 2.24) is 25.2 Å². The lowest BCUT2D eigenvalue weighted by Gasteiger charge is -2.14.